The van der Waals surface area contributed by atoms with Crippen molar-refractivity contribution in [3.05, 3.63) is 31.9 Å². The van der Waals surface area contributed by atoms with Crippen molar-refractivity contribution in [1.29, 1.82) is 0 Å². The van der Waals surface area contributed by atoms with E-state index in [1.807, 2.05) is 22.6 Å². The molecule has 0 aliphatic heterocycles. The first-order chi connectivity index (χ1) is 8.19. The van der Waals surface area contributed by atoms with E-state index in [2.05, 4.69) is 5.32 Å². The average Bonchev–Trinajstić information content (AvgIpc) is 2.13. The van der Waals surface area contributed by atoms with Gasteiger partial charge in [0.2, 0.25) is 0 Å². The monoisotopic (exact) mass is 384 g/mol. The molecule has 0 amide bonds. The van der Waals surface area contributed by atoms with E-state index in [4.69, 9.17) is 0 Å². The molecule has 0 spiro atoms. The number of halogens is 1. The number of anilines is 1. The van der Waals surface area contributed by atoms with Gasteiger partial charge < -0.3 is 5.32 Å². The highest BCUT2D eigenvalue weighted by molar-refractivity contribution is 14.1. The van der Waals surface area contributed by atoms with Gasteiger partial charge in [-0.15, -0.1) is 0 Å². The minimum absolute atomic E-state index is 0.0145. The summed E-state index contributed by atoms with van der Waals surface area (Å²) in [6.45, 7) is 1.75. The highest BCUT2D eigenvalue weighted by Gasteiger charge is 2.14. The number of sulfone groups is 1. The van der Waals surface area contributed by atoms with Crippen LogP contribution in [0.3, 0.4) is 0 Å². The van der Waals surface area contributed by atoms with Crippen LogP contribution in [0.25, 0.3) is 0 Å². The van der Waals surface area contributed by atoms with Gasteiger partial charge >= 0.3 is 0 Å². The SMILES string of the molecule is CC(CS(C)(=O)=O)Nc1ccc([N+](=O)[O-])c(I)c1. The molecular weight excluding hydrogens is 371 g/mol. The van der Waals surface area contributed by atoms with E-state index in [0.29, 0.717) is 9.26 Å². The van der Waals surface area contributed by atoms with Crippen molar-refractivity contribution in [1.82, 2.24) is 0 Å². The summed E-state index contributed by atoms with van der Waals surface area (Å²) in [4.78, 5) is 10.2. The summed E-state index contributed by atoms with van der Waals surface area (Å²) in [6.07, 6.45) is 1.17. The van der Waals surface area contributed by atoms with E-state index >= 15 is 0 Å². The van der Waals surface area contributed by atoms with Crippen LogP contribution in [0.5, 0.6) is 0 Å². The molecule has 0 fully saturated rings. The number of nitrogens with one attached hydrogen (secondary N) is 1. The number of rotatable bonds is 5. The molecule has 0 heterocycles. The highest BCUT2D eigenvalue weighted by atomic mass is 127. The predicted octanol–water partition coefficient (Wildman–Crippen LogP) is 2.04. The van der Waals surface area contributed by atoms with Crippen molar-refractivity contribution in [2.75, 3.05) is 17.3 Å². The van der Waals surface area contributed by atoms with Crippen LogP contribution in [0.15, 0.2) is 18.2 Å². The third kappa shape index (κ3) is 4.77. The number of hydrogen-bond donors (Lipinski definition) is 1. The molecule has 0 aliphatic rings. The molecule has 1 N–H and O–H groups in total. The second kappa shape index (κ2) is 5.83. The van der Waals surface area contributed by atoms with E-state index < -0.39 is 14.8 Å². The van der Waals surface area contributed by atoms with Gasteiger partial charge in [-0.2, -0.15) is 0 Å². The summed E-state index contributed by atoms with van der Waals surface area (Å²) in [6, 6.07) is 4.34. The fraction of sp³-hybridized carbons (Fsp3) is 0.400. The normalized spacial score (nSPS) is 13.1. The minimum atomic E-state index is -3.05. The minimum Gasteiger partial charge on any atom is -0.382 e. The van der Waals surface area contributed by atoms with Gasteiger partial charge in [0.15, 0.2) is 0 Å². The first kappa shape index (κ1) is 15.2. The third-order valence-corrected chi connectivity index (χ3v) is 4.08. The predicted molar refractivity (Wildman–Crippen MR) is 78.6 cm³/mol. The third-order valence-electron chi connectivity index (χ3n) is 2.11. The quantitative estimate of drug-likeness (QED) is 0.477. The molecule has 0 aliphatic carbocycles. The van der Waals surface area contributed by atoms with Gasteiger partial charge in [0.25, 0.3) is 5.69 Å². The lowest BCUT2D eigenvalue weighted by Gasteiger charge is -2.14. The zero-order valence-electron chi connectivity index (χ0n) is 9.88. The van der Waals surface area contributed by atoms with E-state index in [1.54, 1.807) is 19.1 Å². The Hall–Kier alpha value is -0.900. The second-order valence-electron chi connectivity index (χ2n) is 4.06. The molecule has 1 atom stereocenters. The number of benzene rings is 1. The van der Waals surface area contributed by atoms with Crippen LogP contribution in [0.1, 0.15) is 6.92 Å². The Bertz CT molecular complexity index is 559. The first-order valence-corrected chi connectivity index (χ1v) is 8.21. The molecule has 18 heavy (non-hydrogen) atoms. The molecule has 0 aromatic heterocycles. The van der Waals surface area contributed by atoms with E-state index in [0.717, 1.165) is 0 Å². The lowest BCUT2D eigenvalue weighted by molar-refractivity contribution is -0.385. The number of hydrogen-bond acceptors (Lipinski definition) is 5. The van der Waals surface area contributed by atoms with E-state index in [9.17, 15) is 18.5 Å². The summed E-state index contributed by atoms with van der Waals surface area (Å²) < 4.78 is 22.7. The van der Waals surface area contributed by atoms with Crippen LogP contribution in [-0.4, -0.2) is 31.4 Å². The van der Waals surface area contributed by atoms with Gasteiger partial charge in [-0.1, -0.05) is 0 Å². The Morgan fingerprint density at radius 3 is 2.56 bits per heavy atom. The molecule has 1 unspecified atom stereocenters. The van der Waals surface area contributed by atoms with E-state index in [-0.39, 0.29) is 17.5 Å². The molecule has 1 aromatic carbocycles. The number of nitrogens with zero attached hydrogens (tertiary/aromatic N) is 1. The zero-order chi connectivity index (χ0) is 13.9. The summed E-state index contributed by atoms with van der Waals surface area (Å²) in [7, 11) is -3.05. The van der Waals surface area contributed by atoms with Crippen molar-refractivity contribution in [2.45, 2.75) is 13.0 Å². The smallest absolute Gasteiger partial charge is 0.282 e. The average molecular weight is 384 g/mol. The van der Waals surface area contributed by atoms with Gasteiger partial charge in [0.1, 0.15) is 9.84 Å². The van der Waals surface area contributed by atoms with Crippen molar-refractivity contribution < 1.29 is 13.3 Å². The second-order valence-corrected chi connectivity index (χ2v) is 7.41. The van der Waals surface area contributed by atoms with Crippen molar-refractivity contribution in [2.24, 2.45) is 0 Å². The Balaban J connectivity index is 2.81. The summed E-state index contributed by atoms with van der Waals surface area (Å²) in [5, 5.41) is 13.6. The molecule has 0 bridgehead atoms. The molecule has 6 nitrogen and oxygen atoms in total. The van der Waals surface area contributed by atoms with Crippen molar-refractivity contribution >= 4 is 43.8 Å². The highest BCUT2D eigenvalue weighted by Crippen LogP contribution is 2.24. The maximum Gasteiger partial charge on any atom is 0.282 e. The topological polar surface area (TPSA) is 89.3 Å². The molecule has 8 heteroatoms. The fourth-order valence-corrected chi connectivity index (χ4v) is 3.23. The van der Waals surface area contributed by atoms with Crippen LogP contribution < -0.4 is 5.32 Å². The van der Waals surface area contributed by atoms with Crippen LogP contribution in [-0.2, 0) is 9.84 Å². The summed E-state index contributed by atoms with van der Waals surface area (Å²) in [5.41, 5.74) is 0.707. The van der Waals surface area contributed by atoms with E-state index in [1.165, 1.54) is 12.3 Å². The van der Waals surface area contributed by atoms with Crippen molar-refractivity contribution in [3.8, 4) is 0 Å². The van der Waals surface area contributed by atoms with Crippen LogP contribution in [0, 0.1) is 13.7 Å². The van der Waals surface area contributed by atoms with Crippen molar-refractivity contribution in [3.63, 3.8) is 0 Å². The lowest BCUT2D eigenvalue weighted by atomic mass is 10.2. The van der Waals surface area contributed by atoms with Gasteiger partial charge in [0, 0.05) is 24.1 Å². The standard InChI is InChI=1S/C10H13IN2O4S/c1-7(6-18(2,16)17)12-8-3-4-10(13(14)15)9(11)5-8/h3-5,7,12H,6H2,1-2H3. The molecule has 1 aromatic rings. The molecule has 0 saturated heterocycles. The van der Waals surface area contributed by atoms with Gasteiger partial charge in [-0.25, -0.2) is 8.42 Å². The summed E-state index contributed by atoms with van der Waals surface area (Å²) in [5.74, 6) is 0.0145. The number of nitro groups is 1. The molecule has 1 rings (SSSR count). The maximum atomic E-state index is 11.1. The Morgan fingerprint density at radius 1 is 1.50 bits per heavy atom. The number of nitro benzene ring substituents is 1. The van der Waals surface area contributed by atoms with Crippen LogP contribution in [0.2, 0.25) is 0 Å². The Labute approximate surface area is 119 Å². The Kier molecular flexibility index (Phi) is 4.91. The summed E-state index contributed by atoms with van der Waals surface area (Å²) >= 11 is 1.88. The molecule has 0 radical (unpaired) electrons. The molecule has 0 saturated carbocycles. The first-order valence-electron chi connectivity index (χ1n) is 5.07. The molecular formula is C10H13IN2O4S. The van der Waals surface area contributed by atoms with Gasteiger partial charge in [0.05, 0.1) is 14.2 Å². The van der Waals surface area contributed by atoms with Crippen LogP contribution in [0.4, 0.5) is 11.4 Å². The van der Waals surface area contributed by atoms with Crippen LogP contribution >= 0.6 is 22.6 Å². The Morgan fingerprint density at radius 2 is 2.11 bits per heavy atom. The van der Waals surface area contributed by atoms with Gasteiger partial charge in [-0.05, 0) is 41.6 Å². The maximum absolute atomic E-state index is 11.1. The largest absolute Gasteiger partial charge is 0.382 e. The fourth-order valence-electron chi connectivity index (χ4n) is 1.53. The lowest BCUT2D eigenvalue weighted by Crippen LogP contribution is -2.25. The molecule has 100 valence electrons. The zero-order valence-corrected chi connectivity index (χ0v) is 12.9. The van der Waals surface area contributed by atoms with Gasteiger partial charge in [-0.3, -0.25) is 10.1 Å².